The smallest absolute Gasteiger partial charge is 0.305 e. The Kier molecular flexibility index (Phi) is 79.8. The predicted octanol–water partition coefficient (Wildman–Crippen LogP) is 28.2. The number of unbranched alkanes of at least 4 members (excludes halogenated alkanes) is 65. The molecule has 0 aromatic carbocycles. The summed E-state index contributed by atoms with van der Waals surface area (Å²) in [6.45, 7) is 4.96. The van der Waals surface area contributed by atoms with Crippen LogP contribution in [0.2, 0.25) is 0 Å². The zero-order valence-corrected chi connectivity index (χ0v) is 62.6. The number of hydrogen-bond donors (Lipinski definition) is 3. The first-order valence-corrected chi connectivity index (χ1v) is 42.3. The van der Waals surface area contributed by atoms with Crippen LogP contribution in [0.15, 0.2) is 36.5 Å². The van der Waals surface area contributed by atoms with Crippen LogP contribution in [0.5, 0.6) is 0 Å². The Morgan fingerprint density at radius 2 is 0.511 bits per heavy atom. The van der Waals surface area contributed by atoms with Crippen molar-refractivity contribution in [2.24, 2.45) is 0 Å². The molecule has 0 saturated carbocycles. The van der Waals surface area contributed by atoms with E-state index in [4.69, 9.17) is 4.74 Å². The zero-order valence-electron chi connectivity index (χ0n) is 62.6. The Hall–Kier alpha value is -1.92. The van der Waals surface area contributed by atoms with E-state index in [1.165, 1.54) is 411 Å². The van der Waals surface area contributed by atoms with Crippen molar-refractivity contribution in [2.75, 3.05) is 13.2 Å². The minimum atomic E-state index is -0.843. The molecule has 0 aliphatic carbocycles. The molecule has 0 saturated heterocycles. The Morgan fingerprint density at radius 3 is 0.772 bits per heavy atom. The molecular formula is C86H165NO5. The van der Waals surface area contributed by atoms with Crippen molar-refractivity contribution < 1.29 is 24.5 Å². The van der Waals surface area contributed by atoms with Crippen molar-refractivity contribution in [1.29, 1.82) is 0 Å². The lowest BCUT2D eigenvalue weighted by molar-refractivity contribution is -0.143. The second-order valence-electron chi connectivity index (χ2n) is 29.2. The Balaban J connectivity index is 3.35. The van der Waals surface area contributed by atoms with Gasteiger partial charge in [0.15, 0.2) is 0 Å². The number of hydrogen-bond acceptors (Lipinski definition) is 5. The molecule has 0 fully saturated rings. The molecule has 0 aromatic rings. The topological polar surface area (TPSA) is 95.9 Å². The van der Waals surface area contributed by atoms with E-state index in [2.05, 4.69) is 43.5 Å². The number of rotatable bonds is 80. The zero-order chi connectivity index (χ0) is 66.3. The first-order chi connectivity index (χ1) is 45.5. The highest BCUT2D eigenvalue weighted by Crippen LogP contribution is 2.20. The maximum Gasteiger partial charge on any atom is 0.305 e. The summed E-state index contributed by atoms with van der Waals surface area (Å²) in [5.41, 5.74) is 0. The van der Waals surface area contributed by atoms with Crippen molar-refractivity contribution in [1.82, 2.24) is 5.32 Å². The maximum atomic E-state index is 12.5. The third-order valence-electron chi connectivity index (χ3n) is 19.9. The third-order valence-corrected chi connectivity index (χ3v) is 19.9. The molecule has 0 aliphatic heterocycles. The van der Waals surface area contributed by atoms with Crippen molar-refractivity contribution in [3.8, 4) is 0 Å². The van der Waals surface area contributed by atoms with Crippen LogP contribution in [0.25, 0.3) is 0 Å². The predicted molar refractivity (Wildman–Crippen MR) is 407 cm³/mol. The van der Waals surface area contributed by atoms with Gasteiger partial charge >= 0.3 is 5.97 Å². The summed E-state index contributed by atoms with van der Waals surface area (Å²) >= 11 is 0. The molecule has 2 atom stereocenters. The fourth-order valence-corrected chi connectivity index (χ4v) is 13.5. The van der Waals surface area contributed by atoms with Crippen LogP contribution in [-0.2, 0) is 14.3 Å². The van der Waals surface area contributed by atoms with E-state index in [9.17, 15) is 19.8 Å². The minimum absolute atomic E-state index is 0.0205. The molecule has 0 bridgehead atoms. The van der Waals surface area contributed by atoms with Crippen LogP contribution in [0.1, 0.15) is 476 Å². The van der Waals surface area contributed by atoms with Gasteiger partial charge in [-0.25, -0.2) is 0 Å². The Bertz CT molecular complexity index is 1490. The van der Waals surface area contributed by atoms with E-state index in [1.54, 1.807) is 6.08 Å². The largest absolute Gasteiger partial charge is 0.466 e. The van der Waals surface area contributed by atoms with Gasteiger partial charge in [-0.2, -0.15) is 0 Å². The molecule has 544 valence electrons. The molecule has 0 radical (unpaired) electrons. The summed E-state index contributed by atoms with van der Waals surface area (Å²) in [5, 5.41) is 23.3. The Labute approximate surface area is 576 Å². The van der Waals surface area contributed by atoms with Crippen LogP contribution >= 0.6 is 0 Å². The van der Waals surface area contributed by atoms with Gasteiger partial charge in [-0.15, -0.1) is 0 Å². The van der Waals surface area contributed by atoms with Crippen LogP contribution in [-0.4, -0.2) is 47.4 Å². The van der Waals surface area contributed by atoms with E-state index >= 15 is 0 Å². The molecule has 1 amide bonds. The van der Waals surface area contributed by atoms with Crippen LogP contribution < -0.4 is 5.32 Å². The van der Waals surface area contributed by atoms with E-state index < -0.39 is 12.1 Å². The van der Waals surface area contributed by atoms with Gasteiger partial charge in [0, 0.05) is 12.8 Å². The first kappa shape index (κ1) is 90.1. The van der Waals surface area contributed by atoms with Gasteiger partial charge in [-0.3, -0.25) is 9.59 Å². The lowest BCUT2D eigenvalue weighted by Gasteiger charge is -2.20. The van der Waals surface area contributed by atoms with Crippen LogP contribution in [0.3, 0.4) is 0 Å². The van der Waals surface area contributed by atoms with Gasteiger partial charge in [0.2, 0.25) is 5.91 Å². The van der Waals surface area contributed by atoms with Gasteiger partial charge in [0.25, 0.3) is 0 Å². The highest BCUT2D eigenvalue weighted by molar-refractivity contribution is 5.76. The van der Waals surface area contributed by atoms with Crippen molar-refractivity contribution in [2.45, 2.75) is 488 Å². The van der Waals surface area contributed by atoms with Crippen molar-refractivity contribution in [3.63, 3.8) is 0 Å². The summed E-state index contributed by atoms with van der Waals surface area (Å²) < 4.78 is 5.52. The normalized spacial score (nSPS) is 12.6. The quantitative estimate of drug-likeness (QED) is 0.0320. The molecule has 3 N–H and O–H groups in total. The molecule has 6 heteroatoms. The van der Waals surface area contributed by atoms with Gasteiger partial charge in [-0.05, 0) is 83.5 Å². The molecule has 6 nitrogen and oxygen atoms in total. The molecule has 0 spiro atoms. The number of allylic oxidation sites excluding steroid dienone is 5. The molecule has 0 rings (SSSR count). The van der Waals surface area contributed by atoms with Gasteiger partial charge in [0.05, 0.1) is 25.4 Å². The van der Waals surface area contributed by atoms with Crippen molar-refractivity contribution in [3.05, 3.63) is 36.5 Å². The molecule has 0 heterocycles. The van der Waals surface area contributed by atoms with E-state index in [0.717, 1.165) is 38.5 Å². The van der Waals surface area contributed by atoms with Gasteiger partial charge < -0.3 is 20.3 Å². The number of esters is 1. The van der Waals surface area contributed by atoms with Gasteiger partial charge in [-0.1, -0.05) is 416 Å². The van der Waals surface area contributed by atoms with Crippen LogP contribution in [0.4, 0.5) is 0 Å². The van der Waals surface area contributed by atoms with E-state index in [-0.39, 0.29) is 18.5 Å². The standard InChI is InChI=1S/C86H165NO5/c1-3-5-7-9-11-13-15-17-19-21-23-39-43-46-50-54-58-62-66-70-74-78-84(89)83(82-88)87-85(90)79-75-71-67-63-59-55-51-47-44-40-37-35-33-31-29-27-25-24-26-28-30-32-34-36-38-41-45-49-53-57-61-65-69-73-77-81-92-86(91)80-76-72-68-64-60-56-52-48-42-22-20-18-16-14-12-10-8-6-4-2/h18,20,26,28,74,78,83-84,88-89H,3-17,19,21-25,27,29-73,75-77,79-82H2,1-2H3,(H,87,90)/b20-18-,28-26-,78-74+. The summed E-state index contributed by atoms with van der Waals surface area (Å²) in [6.07, 6.45) is 107. The van der Waals surface area contributed by atoms with E-state index in [0.29, 0.717) is 19.4 Å². The number of ether oxygens (including phenoxy) is 1. The van der Waals surface area contributed by atoms with Crippen molar-refractivity contribution >= 4 is 11.9 Å². The summed E-state index contributed by atoms with van der Waals surface area (Å²) in [4.78, 5) is 24.7. The lowest BCUT2D eigenvalue weighted by atomic mass is 10.0. The molecule has 0 aliphatic rings. The van der Waals surface area contributed by atoms with E-state index in [1.807, 2.05) is 6.08 Å². The summed E-state index contributed by atoms with van der Waals surface area (Å²) in [7, 11) is 0. The lowest BCUT2D eigenvalue weighted by Crippen LogP contribution is -2.45. The number of aliphatic hydroxyl groups is 2. The number of aliphatic hydroxyl groups excluding tert-OH is 2. The number of amides is 1. The highest BCUT2D eigenvalue weighted by atomic mass is 16.5. The SMILES string of the molecule is CCCCCCCC/C=C\CCCCCCCCCCCC(=O)OCCCCCCCCCCCCCCCC/C=C\CCCCCCCCCCCCCCCCCCCC(=O)NC(CO)C(O)/C=C/CCCCCCCCCCCCCCCCCCCCC. The second-order valence-corrected chi connectivity index (χ2v) is 29.2. The number of carbonyl (C=O) groups excluding carboxylic acids is 2. The summed E-state index contributed by atoms with van der Waals surface area (Å²) in [6, 6.07) is -0.626. The monoisotopic (exact) mass is 1290 g/mol. The average Bonchev–Trinajstić information content (AvgIpc) is 3.75. The molecule has 92 heavy (non-hydrogen) atoms. The van der Waals surface area contributed by atoms with Crippen LogP contribution in [0, 0.1) is 0 Å². The molecule has 0 aromatic heterocycles. The number of nitrogens with one attached hydrogen (secondary N) is 1. The van der Waals surface area contributed by atoms with Gasteiger partial charge in [0.1, 0.15) is 0 Å². The molecule has 2 unspecified atom stereocenters. The second kappa shape index (κ2) is 81.5. The maximum absolute atomic E-state index is 12.5. The highest BCUT2D eigenvalue weighted by Gasteiger charge is 2.18. The fraction of sp³-hybridized carbons (Fsp3) is 0.907. The summed E-state index contributed by atoms with van der Waals surface area (Å²) in [5.74, 6) is -0.0391. The molecular weight excluding hydrogens is 1130 g/mol. The minimum Gasteiger partial charge on any atom is -0.466 e. The number of carbonyl (C=O) groups is 2. The Morgan fingerprint density at radius 1 is 0.293 bits per heavy atom. The fourth-order valence-electron chi connectivity index (χ4n) is 13.5. The third kappa shape index (κ3) is 77.1. The first-order valence-electron chi connectivity index (χ1n) is 42.3. The average molecular weight is 1290 g/mol.